The normalized spacial score (nSPS) is 10.1. The highest BCUT2D eigenvalue weighted by Crippen LogP contribution is 2.17. The molecule has 0 aliphatic rings. The van der Waals surface area contributed by atoms with E-state index in [9.17, 15) is 9.90 Å². The lowest BCUT2D eigenvalue weighted by Crippen LogP contribution is -2.24. The first-order valence-corrected chi connectivity index (χ1v) is 6.60. The lowest BCUT2D eigenvalue weighted by atomic mass is 10.1. The van der Waals surface area contributed by atoms with Crippen molar-refractivity contribution in [3.05, 3.63) is 59.7 Å². The van der Waals surface area contributed by atoms with Crippen LogP contribution in [0.2, 0.25) is 0 Å². The number of hydrogen-bond donors (Lipinski definition) is 3. The Balaban J connectivity index is 2.07. The zero-order chi connectivity index (χ0) is 14.4. The van der Waals surface area contributed by atoms with Gasteiger partial charge < -0.3 is 15.7 Å². The van der Waals surface area contributed by atoms with Gasteiger partial charge in [0, 0.05) is 24.3 Å². The molecule has 0 unspecified atom stereocenters. The summed E-state index contributed by atoms with van der Waals surface area (Å²) in [4.78, 5) is 12.2. The number of phenolic OH excluding ortho intramolecular Hbond substituents is 1. The average molecular weight is 270 g/mol. The molecule has 20 heavy (non-hydrogen) atoms. The molecule has 4 nitrogen and oxygen atoms in total. The molecule has 0 saturated carbocycles. The lowest BCUT2D eigenvalue weighted by molar-refractivity contribution is 0.0951. The van der Waals surface area contributed by atoms with Gasteiger partial charge in [0.05, 0.1) is 5.56 Å². The van der Waals surface area contributed by atoms with Gasteiger partial charge >= 0.3 is 0 Å². The van der Waals surface area contributed by atoms with Crippen LogP contribution >= 0.6 is 0 Å². The van der Waals surface area contributed by atoms with E-state index >= 15 is 0 Å². The molecule has 2 aromatic carbocycles. The van der Waals surface area contributed by atoms with Gasteiger partial charge in [-0.05, 0) is 25.1 Å². The molecule has 0 aliphatic heterocycles. The number of carbonyl (C=O) groups is 1. The summed E-state index contributed by atoms with van der Waals surface area (Å²) >= 11 is 0. The Morgan fingerprint density at radius 2 is 1.80 bits per heavy atom. The van der Waals surface area contributed by atoms with Gasteiger partial charge in [-0.15, -0.1) is 0 Å². The van der Waals surface area contributed by atoms with Gasteiger partial charge in [0.25, 0.3) is 5.91 Å². The zero-order valence-corrected chi connectivity index (χ0v) is 11.4. The molecular formula is C16H18N2O2. The van der Waals surface area contributed by atoms with Crippen molar-refractivity contribution in [1.82, 2.24) is 5.32 Å². The Labute approximate surface area is 118 Å². The van der Waals surface area contributed by atoms with E-state index in [1.165, 1.54) is 0 Å². The van der Waals surface area contributed by atoms with Crippen LogP contribution in [0, 0.1) is 0 Å². The van der Waals surface area contributed by atoms with Gasteiger partial charge in [0.1, 0.15) is 5.75 Å². The fourth-order valence-corrected chi connectivity index (χ4v) is 1.96. The van der Waals surface area contributed by atoms with Crippen LogP contribution < -0.4 is 10.6 Å². The van der Waals surface area contributed by atoms with Crippen molar-refractivity contribution in [2.24, 2.45) is 0 Å². The van der Waals surface area contributed by atoms with Gasteiger partial charge in [-0.25, -0.2) is 0 Å². The number of carbonyl (C=O) groups excluding carboxylic acids is 1. The van der Waals surface area contributed by atoms with E-state index in [0.29, 0.717) is 17.7 Å². The lowest BCUT2D eigenvalue weighted by Gasteiger charge is -2.11. The molecule has 0 saturated heterocycles. The second-order valence-electron chi connectivity index (χ2n) is 4.39. The maximum atomic E-state index is 12.2. The predicted octanol–water partition coefficient (Wildman–Crippen LogP) is 2.75. The minimum absolute atomic E-state index is 0.162. The minimum atomic E-state index is -0.162. The van der Waals surface area contributed by atoms with Crippen molar-refractivity contribution >= 4 is 11.6 Å². The molecule has 0 fully saturated rings. The molecule has 4 heteroatoms. The third-order valence-corrected chi connectivity index (χ3v) is 2.97. The van der Waals surface area contributed by atoms with E-state index in [1.54, 1.807) is 24.3 Å². The molecule has 0 heterocycles. The molecule has 0 aliphatic carbocycles. The molecule has 2 rings (SSSR count). The fraction of sp³-hybridized carbons (Fsp3) is 0.188. The smallest absolute Gasteiger partial charge is 0.253 e. The third kappa shape index (κ3) is 3.29. The third-order valence-electron chi connectivity index (χ3n) is 2.97. The van der Waals surface area contributed by atoms with Crippen LogP contribution in [0.15, 0.2) is 48.5 Å². The number of para-hydroxylation sites is 2. The maximum Gasteiger partial charge on any atom is 0.253 e. The molecule has 0 radical (unpaired) electrons. The Hall–Kier alpha value is -2.49. The van der Waals surface area contributed by atoms with Crippen LogP contribution in [0.1, 0.15) is 22.8 Å². The zero-order valence-electron chi connectivity index (χ0n) is 11.4. The van der Waals surface area contributed by atoms with E-state index in [1.807, 2.05) is 31.2 Å². The number of benzene rings is 2. The number of amides is 1. The SMILES string of the molecule is CCNc1ccccc1C(=O)NCc1ccccc1O. The quantitative estimate of drug-likeness (QED) is 0.783. The first-order valence-electron chi connectivity index (χ1n) is 6.60. The molecule has 1 amide bonds. The first-order chi connectivity index (χ1) is 9.72. The Morgan fingerprint density at radius 3 is 2.55 bits per heavy atom. The monoisotopic (exact) mass is 270 g/mol. The van der Waals surface area contributed by atoms with Crippen molar-refractivity contribution in [1.29, 1.82) is 0 Å². The number of anilines is 1. The van der Waals surface area contributed by atoms with Gasteiger partial charge in [-0.1, -0.05) is 30.3 Å². The highest BCUT2D eigenvalue weighted by molar-refractivity contribution is 5.99. The van der Waals surface area contributed by atoms with E-state index < -0.39 is 0 Å². The summed E-state index contributed by atoms with van der Waals surface area (Å²) in [7, 11) is 0. The first kappa shape index (κ1) is 13.9. The number of nitrogens with one attached hydrogen (secondary N) is 2. The van der Waals surface area contributed by atoms with Crippen LogP contribution in [0.3, 0.4) is 0 Å². The van der Waals surface area contributed by atoms with Crippen LogP contribution in [0.5, 0.6) is 5.75 Å². The Morgan fingerprint density at radius 1 is 1.10 bits per heavy atom. The average Bonchev–Trinajstić information content (AvgIpc) is 2.47. The van der Waals surface area contributed by atoms with Gasteiger partial charge in [0.2, 0.25) is 0 Å². The molecule has 0 spiro atoms. The van der Waals surface area contributed by atoms with Crippen LogP contribution in [0.25, 0.3) is 0 Å². The topological polar surface area (TPSA) is 61.4 Å². The summed E-state index contributed by atoms with van der Waals surface area (Å²) in [6.45, 7) is 3.03. The maximum absolute atomic E-state index is 12.2. The molecule has 0 atom stereocenters. The molecule has 0 aromatic heterocycles. The van der Waals surface area contributed by atoms with E-state index in [-0.39, 0.29) is 11.7 Å². The highest BCUT2D eigenvalue weighted by Gasteiger charge is 2.10. The van der Waals surface area contributed by atoms with Crippen molar-refractivity contribution in [3.63, 3.8) is 0 Å². The Kier molecular flexibility index (Phi) is 4.60. The van der Waals surface area contributed by atoms with Crippen LogP contribution in [-0.4, -0.2) is 17.6 Å². The molecular weight excluding hydrogens is 252 g/mol. The fourth-order valence-electron chi connectivity index (χ4n) is 1.96. The van der Waals surface area contributed by atoms with E-state index in [0.717, 1.165) is 12.2 Å². The highest BCUT2D eigenvalue weighted by atomic mass is 16.3. The second-order valence-corrected chi connectivity index (χ2v) is 4.39. The summed E-state index contributed by atoms with van der Waals surface area (Å²) in [5, 5.41) is 15.6. The molecule has 104 valence electrons. The molecule has 2 aromatic rings. The van der Waals surface area contributed by atoms with Crippen molar-refractivity contribution in [2.45, 2.75) is 13.5 Å². The number of phenols is 1. The van der Waals surface area contributed by atoms with E-state index in [4.69, 9.17) is 0 Å². The predicted molar refractivity (Wildman–Crippen MR) is 79.9 cm³/mol. The van der Waals surface area contributed by atoms with Crippen molar-refractivity contribution in [2.75, 3.05) is 11.9 Å². The summed E-state index contributed by atoms with van der Waals surface area (Å²) in [5.74, 6) is 0.0255. The number of aromatic hydroxyl groups is 1. The Bertz CT molecular complexity index is 597. The second kappa shape index (κ2) is 6.61. The van der Waals surface area contributed by atoms with Crippen LogP contribution in [-0.2, 0) is 6.54 Å². The summed E-state index contributed by atoms with van der Waals surface area (Å²) in [5.41, 5.74) is 2.11. The van der Waals surface area contributed by atoms with Crippen molar-refractivity contribution < 1.29 is 9.90 Å². The minimum Gasteiger partial charge on any atom is -0.508 e. The van der Waals surface area contributed by atoms with Gasteiger partial charge in [-0.3, -0.25) is 4.79 Å². The number of rotatable bonds is 5. The summed E-state index contributed by atoms with van der Waals surface area (Å²) < 4.78 is 0. The summed E-state index contributed by atoms with van der Waals surface area (Å²) in [6, 6.07) is 14.3. The molecule has 0 bridgehead atoms. The van der Waals surface area contributed by atoms with Gasteiger partial charge in [-0.2, -0.15) is 0 Å². The van der Waals surface area contributed by atoms with E-state index in [2.05, 4.69) is 10.6 Å². The largest absolute Gasteiger partial charge is 0.508 e. The number of hydrogen-bond acceptors (Lipinski definition) is 3. The standard InChI is InChI=1S/C16H18N2O2/c1-2-17-14-9-5-4-8-13(14)16(20)18-11-12-7-3-6-10-15(12)19/h3-10,17,19H,2,11H2,1H3,(H,18,20). The van der Waals surface area contributed by atoms with Gasteiger partial charge in [0.15, 0.2) is 0 Å². The van der Waals surface area contributed by atoms with Crippen LogP contribution in [0.4, 0.5) is 5.69 Å². The van der Waals surface area contributed by atoms with Crippen molar-refractivity contribution in [3.8, 4) is 5.75 Å². The molecule has 3 N–H and O–H groups in total. The summed E-state index contributed by atoms with van der Waals surface area (Å²) in [6.07, 6.45) is 0.